The molecule has 0 fully saturated rings. The van der Waals surface area contributed by atoms with E-state index in [0.29, 0.717) is 0 Å². The van der Waals surface area contributed by atoms with Crippen molar-refractivity contribution in [1.29, 1.82) is 0 Å². The number of carboxylic acid groups (broad SMARTS) is 1. The van der Waals surface area contributed by atoms with Gasteiger partial charge in [-0.1, -0.05) is 37.0 Å². The Hall–Kier alpha value is -1.33. The maximum Gasteiger partial charge on any atom is 0.307 e. The minimum atomic E-state index is -1.07. The van der Waals surface area contributed by atoms with Gasteiger partial charge in [0.25, 0.3) is 0 Å². The molecular weight excluding hydrogens is 296 g/mol. The first-order valence-corrected chi connectivity index (χ1v) is 6.17. The summed E-state index contributed by atoms with van der Waals surface area (Å²) in [4.78, 5) is 22.6. The van der Waals surface area contributed by atoms with Gasteiger partial charge >= 0.3 is 5.97 Å². The van der Waals surface area contributed by atoms with E-state index in [2.05, 4.69) is 5.32 Å². The lowest BCUT2D eigenvalue weighted by Crippen LogP contribution is -2.29. The summed E-state index contributed by atoms with van der Waals surface area (Å²) in [6.07, 6.45) is 0. The van der Waals surface area contributed by atoms with E-state index in [4.69, 9.17) is 28.3 Å². The van der Waals surface area contributed by atoms with Crippen molar-refractivity contribution in [2.24, 2.45) is 11.8 Å². The van der Waals surface area contributed by atoms with E-state index in [9.17, 15) is 14.0 Å². The second-order valence-electron chi connectivity index (χ2n) is 4.16. The number of halogens is 3. The number of carboxylic acids is 1. The molecule has 1 aromatic carbocycles. The van der Waals surface area contributed by atoms with Crippen LogP contribution in [0.1, 0.15) is 13.8 Å². The fourth-order valence-corrected chi connectivity index (χ4v) is 1.81. The minimum Gasteiger partial charge on any atom is -0.481 e. The summed E-state index contributed by atoms with van der Waals surface area (Å²) >= 11 is 11.2. The Kier molecular flexibility index (Phi) is 5.14. The van der Waals surface area contributed by atoms with Gasteiger partial charge in [0.2, 0.25) is 5.91 Å². The first-order chi connectivity index (χ1) is 8.73. The molecule has 0 saturated carbocycles. The Bertz CT molecular complexity index is 499. The number of nitrogens with one attached hydrogen (secondary N) is 1. The van der Waals surface area contributed by atoms with Gasteiger partial charge in [0, 0.05) is 11.6 Å². The highest BCUT2D eigenvalue weighted by Gasteiger charge is 2.26. The Balaban J connectivity index is 2.86. The lowest BCUT2D eigenvalue weighted by molar-refractivity contribution is -0.145. The van der Waals surface area contributed by atoms with Crippen molar-refractivity contribution in [3.05, 3.63) is 28.0 Å². The van der Waals surface area contributed by atoms with Gasteiger partial charge in [-0.3, -0.25) is 9.59 Å². The van der Waals surface area contributed by atoms with Crippen LogP contribution >= 0.6 is 23.2 Å². The van der Waals surface area contributed by atoms with Crippen LogP contribution in [0, 0.1) is 17.7 Å². The fraction of sp³-hybridized carbons (Fsp3) is 0.333. The molecule has 0 aliphatic heterocycles. The van der Waals surface area contributed by atoms with Crippen molar-refractivity contribution in [3.63, 3.8) is 0 Å². The van der Waals surface area contributed by atoms with E-state index in [1.54, 1.807) is 0 Å². The summed E-state index contributed by atoms with van der Waals surface area (Å²) in [5, 5.41) is 10.8. The zero-order valence-electron chi connectivity index (χ0n) is 10.2. The molecule has 7 heteroatoms. The Morgan fingerprint density at radius 1 is 1.21 bits per heavy atom. The quantitative estimate of drug-likeness (QED) is 0.838. The van der Waals surface area contributed by atoms with Gasteiger partial charge in [-0.2, -0.15) is 0 Å². The molecule has 0 radical (unpaired) electrons. The topological polar surface area (TPSA) is 66.4 Å². The smallest absolute Gasteiger partial charge is 0.307 e. The standard InChI is InChI=1S/C12H12Cl2FNO3/c1-5(6(2)12(18)19)11(17)16-7-3-8(13)10(15)9(14)4-7/h3-6H,1-2H3,(H,16,17)(H,18,19). The molecule has 104 valence electrons. The van der Waals surface area contributed by atoms with Crippen LogP contribution < -0.4 is 5.32 Å². The molecule has 0 spiro atoms. The molecular formula is C12H12Cl2FNO3. The summed E-state index contributed by atoms with van der Waals surface area (Å²) in [6.45, 7) is 2.91. The zero-order valence-corrected chi connectivity index (χ0v) is 11.7. The van der Waals surface area contributed by atoms with Crippen LogP contribution in [0.25, 0.3) is 0 Å². The first-order valence-electron chi connectivity index (χ1n) is 5.42. The molecule has 0 heterocycles. The molecule has 19 heavy (non-hydrogen) atoms. The van der Waals surface area contributed by atoms with E-state index in [-0.39, 0.29) is 15.7 Å². The molecule has 2 N–H and O–H groups in total. The number of benzene rings is 1. The normalized spacial score (nSPS) is 13.7. The summed E-state index contributed by atoms with van der Waals surface area (Å²) in [7, 11) is 0. The summed E-state index contributed by atoms with van der Waals surface area (Å²) < 4.78 is 13.2. The second-order valence-corrected chi connectivity index (χ2v) is 4.97. The number of hydrogen-bond acceptors (Lipinski definition) is 2. The lowest BCUT2D eigenvalue weighted by Gasteiger charge is -2.16. The average Bonchev–Trinajstić information content (AvgIpc) is 2.33. The number of amides is 1. The van der Waals surface area contributed by atoms with Gasteiger partial charge in [0.15, 0.2) is 5.82 Å². The molecule has 1 amide bonds. The van der Waals surface area contributed by atoms with Crippen molar-refractivity contribution >= 4 is 40.8 Å². The van der Waals surface area contributed by atoms with Gasteiger partial charge in [-0.05, 0) is 12.1 Å². The average molecular weight is 308 g/mol. The number of carbonyl (C=O) groups excluding carboxylic acids is 1. The third kappa shape index (κ3) is 3.81. The van der Waals surface area contributed by atoms with Crippen LogP contribution in [0.15, 0.2) is 12.1 Å². The van der Waals surface area contributed by atoms with Crippen LogP contribution in [-0.2, 0) is 9.59 Å². The fourth-order valence-electron chi connectivity index (χ4n) is 1.32. The minimum absolute atomic E-state index is 0.214. The van der Waals surface area contributed by atoms with E-state index in [1.165, 1.54) is 26.0 Å². The van der Waals surface area contributed by atoms with E-state index in [1.807, 2.05) is 0 Å². The summed E-state index contributed by atoms with van der Waals surface area (Å²) in [5.74, 6) is -3.94. The number of anilines is 1. The highest BCUT2D eigenvalue weighted by atomic mass is 35.5. The monoisotopic (exact) mass is 307 g/mol. The maximum absolute atomic E-state index is 13.2. The molecule has 0 aliphatic rings. The first kappa shape index (κ1) is 15.7. The van der Waals surface area contributed by atoms with E-state index < -0.39 is 29.5 Å². The van der Waals surface area contributed by atoms with Crippen molar-refractivity contribution in [2.45, 2.75) is 13.8 Å². The van der Waals surface area contributed by atoms with Crippen LogP contribution in [-0.4, -0.2) is 17.0 Å². The maximum atomic E-state index is 13.2. The van der Waals surface area contributed by atoms with Gasteiger partial charge < -0.3 is 10.4 Å². The van der Waals surface area contributed by atoms with Crippen LogP contribution in [0.4, 0.5) is 10.1 Å². The van der Waals surface area contributed by atoms with Crippen molar-refractivity contribution < 1.29 is 19.1 Å². The Morgan fingerprint density at radius 3 is 2.11 bits per heavy atom. The molecule has 4 nitrogen and oxygen atoms in total. The predicted molar refractivity (Wildman–Crippen MR) is 71.0 cm³/mol. The highest BCUT2D eigenvalue weighted by Crippen LogP contribution is 2.27. The van der Waals surface area contributed by atoms with Crippen molar-refractivity contribution in [3.8, 4) is 0 Å². The van der Waals surface area contributed by atoms with Crippen LogP contribution in [0.5, 0.6) is 0 Å². The summed E-state index contributed by atoms with van der Waals surface area (Å²) in [6, 6.07) is 2.41. The molecule has 1 rings (SSSR count). The molecule has 0 aromatic heterocycles. The number of aliphatic carboxylic acids is 1. The van der Waals surface area contributed by atoms with Gasteiger partial charge in [0.1, 0.15) is 0 Å². The molecule has 0 aliphatic carbocycles. The third-order valence-electron chi connectivity index (χ3n) is 2.80. The molecule has 0 saturated heterocycles. The highest BCUT2D eigenvalue weighted by molar-refractivity contribution is 6.35. The Labute approximate surface area is 119 Å². The van der Waals surface area contributed by atoms with Crippen molar-refractivity contribution in [1.82, 2.24) is 0 Å². The van der Waals surface area contributed by atoms with E-state index >= 15 is 0 Å². The van der Waals surface area contributed by atoms with Gasteiger partial charge in [-0.15, -0.1) is 0 Å². The van der Waals surface area contributed by atoms with E-state index in [0.717, 1.165) is 0 Å². The largest absolute Gasteiger partial charge is 0.481 e. The summed E-state index contributed by atoms with van der Waals surface area (Å²) in [5.41, 5.74) is 0.214. The number of hydrogen-bond donors (Lipinski definition) is 2. The molecule has 2 unspecified atom stereocenters. The van der Waals surface area contributed by atoms with Gasteiger partial charge in [-0.25, -0.2) is 4.39 Å². The number of carbonyl (C=O) groups is 2. The van der Waals surface area contributed by atoms with Crippen LogP contribution in [0.2, 0.25) is 10.0 Å². The zero-order chi connectivity index (χ0) is 14.7. The third-order valence-corrected chi connectivity index (χ3v) is 3.35. The molecule has 1 aromatic rings. The van der Waals surface area contributed by atoms with Gasteiger partial charge in [0.05, 0.1) is 16.0 Å². The van der Waals surface area contributed by atoms with Crippen LogP contribution in [0.3, 0.4) is 0 Å². The second kappa shape index (κ2) is 6.21. The SMILES string of the molecule is CC(C(=O)O)C(C)C(=O)Nc1cc(Cl)c(F)c(Cl)c1. The molecule has 2 atom stereocenters. The number of rotatable bonds is 4. The predicted octanol–water partition coefficient (Wildman–Crippen LogP) is 3.43. The Morgan fingerprint density at radius 2 is 1.68 bits per heavy atom. The lowest BCUT2D eigenvalue weighted by atomic mass is 9.95. The van der Waals surface area contributed by atoms with Crippen molar-refractivity contribution in [2.75, 3.05) is 5.32 Å². The molecule has 0 bridgehead atoms.